The Morgan fingerprint density at radius 2 is 1.87 bits per heavy atom. The number of methoxy groups -OCH3 is 1. The maximum Gasteiger partial charge on any atom is 0.360 e. The molecule has 0 aliphatic carbocycles. The molecule has 194 valence electrons. The van der Waals surface area contributed by atoms with Gasteiger partial charge in [-0.1, -0.05) is 29.8 Å². The number of aliphatic hydroxyl groups is 1. The van der Waals surface area contributed by atoms with Crippen LogP contribution in [0.4, 0.5) is 23.0 Å². The van der Waals surface area contributed by atoms with Crippen LogP contribution >= 0.6 is 11.6 Å². The minimum absolute atomic E-state index is 0.00499. The van der Waals surface area contributed by atoms with Gasteiger partial charge in [0.1, 0.15) is 17.4 Å². The van der Waals surface area contributed by atoms with E-state index in [1.54, 1.807) is 42.5 Å². The van der Waals surface area contributed by atoms with Crippen molar-refractivity contribution in [1.29, 1.82) is 0 Å². The molecule has 0 atom stereocenters. The average Bonchev–Trinajstić information content (AvgIpc) is 2.92. The Hall–Kier alpha value is -4.42. The fourth-order valence-electron chi connectivity index (χ4n) is 3.36. The maximum atomic E-state index is 12.6. The van der Waals surface area contributed by atoms with E-state index in [1.807, 2.05) is 0 Å². The molecule has 0 radical (unpaired) electrons. The number of ether oxygens (including phenoxy) is 1. The molecule has 0 saturated carbocycles. The second kappa shape index (κ2) is 12.2. The first-order chi connectivity index (χ1) is 18.4. The van der Waals surface area contributed by atoms with Crippen LogP contribution in [0.3, 0.4) is 0 Å². The Bertz CT molecular complexity index is 1630. The van der Waals surface area contributed by atoms with Crippen LogP contribution in [-0.4, -0.2) is 49.7 Å². The molecule has 0 fully saturated rings. The summed E-state index contributed by atoms with van der Waals surface area (Å²) in [6.45, 7) is -0.243. The minimum Gasteiger partial charge on any atom is -0.497 e. The van der Waals surface area contributed by atoms with E-state index in [-0.39, 0.29) is 36.0 Å². The molecule has 0 spiro atoms. The first-order valence-electron chi connectivity index (χ1n) is 11.1. The SMILES string of the molecule is COc1ccc(Cl)c(Nc2nc3ccccc3nc2N(c2cccc(C(=O)N=[N+]=NCCO)c2)[SH](=O)=O)c1. The van der Waals surface area contributed by atoms with Gasteiger partial charge in [-0.3, -0.25) is 4.79 Å². The maximum absolute atomic E-state index is 12.6. The van der Waals surface area contributed by atoms with E-state index in [0.29, 0.717) is 27.5 Å². The molecule has 38 heavy (non-hydrogen) atoms. The highest BCUT2D eigenvalue weighted by Crippen LogP contribution is 2.36. The van der Waals surface area contributed by atoms with Crippen molar-refractivity contribution in [2.45, 2.75) is 0 Å². The number of carbonyl (C=O) groups is 1. The Kier molecular flexibility index (Phi) is 8.56. The van der Waals surface area contributed by atoms with Gasteiger partial charge in [0, 0.05) is 6.07 Å². The lowest BCUT2D eigenvalue weighted by atomic mass is 10.2. The van der Waals surface area contributed by atoms with Gasteiger partial charge < -0.3 is 15.2 Å². The molecule has 0 unspecified atom stereocenters. The zero-order valence-corrected chi connectivity index (χ0v) is 21.5. The highest BCUT2D eigenvalue weighted by molar-refractivity contribution is 7.74. The largest absolute Gasteiger partial charge is 0.497 e. The number of rotatable bonds is 9. The number of aliphatic hydroxyl groups excluding tert-OH is 1. The quantitative estimate of drug-likeness (QED) is 0.160. The molecular weight excluding hydrogens is 534 g/mol. The van der Waals surface area contributed by atoms with Gasteiger partial charge in [-0.2, -0.15) is 0 Å². The Labute approximate surface area is 223 Å². The number of hydrogen-bond acceptors (Lipinski definition) is 9. The van der Waals surface area contributed by atoms with Crippen LogP contribution in [-0.2, 0) is 10.9 Å². The highest BCUT2D eigenvalue weighted by atomic mass is 35.5. The summed E-state index contributed by atoms with van der Waals surface area (Å²) >= 11 is 6.37. The van der Waals surface area contributed by atoms with Crippen molar-refractivity contribution in [2.75, 3.05) is 29.9 Å². The molecule has 12 nitrogen and oxygen atoms in total. The smallest absolute Gasteiger partial charge is 0.360 e. The Morgan fingerprint density at radius 3 is 2.58 bits per heavy atom. The summed E-state index contributed by atoms with van der Waals surface area (Å²) in [5.41, 5.74) is 1.53. The van der Waals surface area contributed by atoms with Crippen molar-refractivity contribution in [3.05, 3.63) is 77.3 Å². The predicted octanol–water partition coefficient (Wildman–Crippen LogP) is 3.80. The molecule has 0 bridgehead atoms. The number of thiol groups is 1. The standard InChI is InChI=1S/C24H20ClN7O5S/c1-37-17-9-10-18(25)21(14-17)28-22-23(29-20-8-3-2-7-19(20)27-22)32(38(35)36)16-6-4-5-15(13-16)24(34)30-31-26-11-12-33/h2-10,13-14,33,38H,11-12H2,1H3/p+1. The van der Waals surface area contributed by atoms with Gasteiger partial charge in [0.15, 0.2) is 11.6 Å². The number of aromatic nitrogens is 2. The number of benzene rings is 3. The number of carbonyl (C=O) groups excluding carboxylic acids is 1. The molecule has 3 aromatic carbocycles. The number of nitrogens with one attached hydrogen (secondary N) is 1. The molecular formula is C24H21ClN7O5S+. The molecule has 0 saturated heterocycles. The van der Waals surface area contributed by atoms with Gasteiger partial charge in [-0.25, -0.2) is 22.7 Å². The zero-order chi connectivity index (χ0) is 27.1. The van der Waals surface area contributed by atoms with E-state index < -0.39 is 16.8 Å². The third kappa shape index (κ3) is 6.10. The molecule has 4 aromatic rings. The van der Waals surface area contributed by atoms with Crippen LogP contribution in [0.5, 0.6) is 5.75 Å². The van der Waals surface area contributed by atoms with Crippen molar-refractivity contribution < 1.29 is 23.1 Å². The lowest BCUT2D eigenvalue weighted by Crippen LogP contribution is -2.19. The molecule has 0 aliphatic rings. The van der Waals surface area contributed by atoms with Crippen molar-refractivity contribution in [3.63, 3.8) is 0 Å². The molecule has 4 rings (SSSR count). The Balaban J connectivity index is 1.84. The van der Waals surface area contributed by atoms with E-state index in [9.17, 15) is 13.2 Å². The van der Waals surface area contributed by atoms with Crippen molar-refractivity contribution in [1.82, 2.24) is 14.9 Å². The third-order valence-electron chi connectivity index (χ3n) is 5.08. The summed E-state index contributed by atoms with van der Waals surface area (Å²) in [7, 11) is -1.80. The van der Waals surface area contributed by atoms with Crippen molar-refractivity contribution >= 4 is 62.4 Å². The second-order valence-electron chi connectivity index (χ2n) is 7.54. The molecule has 14 heteroatoms. The van der Waals surface area contributed by atoms with Gasteiger partial charge in [0.25, 0.3) is 0 Å². The summed E-state index contributed by atoms with van der Waals surface area (Å²) in [6, 6.07) is 17.7. The average molecular weight is 555 g/mol. The zero-order valence-electron chi connectivity index (χ0n) is 19.9. The van der Waals surface area contributed by atoms with Gasteiger partial charge in [-0.15, -0.1) is 0 Å². The summed E-state index contributed by atoms with van der Waals surface area (Å²) in [4.78, 5) is 25.0. The van der Waals surface area contributed by atoms with Crippen LogP contribution < -0.4 is 19.3 Å². The third-order valence-corrected chi connectivity index (χ3v) is 6.16. The number of halogens is 1. The van der Waals surface area contributed by atoms with Gasteiger partial charge in [0.2, 0.25) is 20.9 Å². The molecule has 1 amide bonds. The summed E-state index contributed by atoms with van der Waals surface area (Å²) < 4.78 is 31.4. The van der Waals surface area contributed by atoms with E-state index in [4.69, 9.17) is 21.4 Å². The first-order valence-corrected chi connectivity index (χ1v) is 12.6. The fraction of sp³-hybridized carbons (Fsp3) is 0.125. The van der Waals surface area contributed by atoms with Crippen LogP contribution in [0, 0.1) is 0 Å². The van der Waals surface area contributed by atoms with E-state index in [1.165, 1.54) is 31.4 Å². The predicted molar refractivity (Wildman–Crippen MR) is 143 cm³/mol. The first kappa shape index (κ1) is 26.6. The summed E-state index contributed by atoms with van der Waals surface area (Å²) in [6.07, 6.45) is 0. The second-order valence-corrected chi connectivity index (χ2v) is 8.82. The van der Waals surface area contributed by atoms with Crippen molar-refractivity contribution in [2.24, 2.45) is 10.2 Å². The number of para-hydroxylation sites is 2. The fourth-order valence-corrected chi connectivity index (χ4v) is 4.13. The number of amides is 1. The molecule has 1 aromatic heterocycles. The molecule has 0 aliphatic heterocycles. The number of fused-ring (bicyclic) bond motifs is 1. The highest BCUT2D eigenvalue weighted by Gasteiger charge is 2.23. The molecule has 2 N–H and O–H groups in total. The number of hydrogen-bond donors (Lipinski definition) is 3. The van der Waals surface area contributed by atoms with E-state index >= 15 is 0 Å². The lowest BCUT2D eigenvalue weighted by Gasteiger charge is -2.21. The van der Waals surface area contributed by atoms with Crippen LogP contribution in [0.25, 0.3) is 11.0 Å². The van der Waals surface area contributed by atoms with Gasteiger partial charge in [0.05, 0.1) is 46.7 Å². The number of anilines is 4. The van der Waals surface area contributed by atoms with Crippen LogP contribution in [0.1, 0.15) is 10.4 Å². The van der Waals surface area contributed by atoms with Crippen LogP contribution in [0.2, 0.25) is 5.02 Å². The van der Waals surface area contributed by atoms with Gasteiger partial charge in [-0.05, 0) is 42.5 Å². The Morgan fingerprint density at radius 1 is 1.11 bits per heavy atom. The molecule has 1 heterocycles. The topological polar surface area (TPSA) is 161 Å². The summed E-state index contributed by atoms with van der Waals surface area (Å²) in [5.74, 6) is -0.189. The monoisotopic (exact) mass is 554 g/mol. The number of nitrogens with zero attached hydrogens (tertiary/aromatic N) is 6. The normalized spacial score (nSPS) is 10.6. The van der Waals surface area contributed by atoms with Crippen LogP contribution in [0.15, 0.2) is 77.0 Å². The minimum atomic E-state index is -3.31. The van der Waals surface area contributed by atoms with E-state index in [0.717, 1.165) is 4.31 Å². The summed E-state index contributed by atoms with van der Waals surface area (Å²) in [5, 5.41) is 19.1. The van der Waals surface area contributed by atoms with Crippen molar-refractivity contribution in [3.8, 4) is 5.75 Å². The van der Waals surface area contributed by atoms with Gasteiger partial charge >= 0.3 is 5.91 Å². The van der Waals surface area contributed by atoms with E-state index in [2.05, 4.69) is 30.4 Å². The lowest BCUT2D eigenvalue weighted by molar-refractivity contribution is 0.0992.